The van der Waals surface area contributed by atoms with Gasteiger partial charge in [-0.2, -0.15) is 0 Å². The molecule has 5 heteroatoms. The van der Waals surface area contributed by atoms with E-state index >= 15 is 0 Å². The molecule has 1 aliphatic heterocycles. The Morgan fingerprint density at radius 2 is 1.95 bits per heavy atom. The quantitative estimate of drug-likeness (QED) is 0.539. The summed E-state index contributed by atoms with van der Waals surface area (Å²) in [7, 11) is 3.15. The van der Waals surface area contributed by atoms with E-state index in [-0.39, 0.29) is 24.7 Å². The minimum atomic E-state index is -0.668. The summed E-state index contributed by atoms with van der Waals surface area (Å²) in [5.41, 5.74) is 0. The first-order chi connectivity index (χ1) is 8.97. The third kappa shape index (κ3) is 4.54. The molecular formula is C14H26O5. The molecule has 0 aliphatic carbocycles. The van der Waals surface area contributed by atoms with E-state index in [1.165, 1.54) is 0 Å². The van der Waals surface area contributed by atoms with Crippen molar-refractivity contribution in [2.45, 2.75) is 51.0 Å². The molecule has 0 aromatic rings. The van der Waals surface area contributed by atoms with Gasteiger partial charge in [-0.15, -0.1) is 6.58 Å². The lowest BCUT2D eigenvalue weighted by Gasteiger charge is -2.25. The Morgan fingerprint density at radius 1 is 1.32 bits per heavy atom. The molecule has 19 heavy (non-hydrogen) atoms. The van der Waals surface area contributed by atoms with Crippen LogP contribution in [0, 0.1) is 5.92 Å². The first-order valence-electron chi connectivity index (χ1n) is 6.60. The number of ether oxygens (including phenoxy) is 4. The summed E-state index contributed by atoms with van der Waals surface area (Å²) in [5.74, 6) is -0.560. The Hall–Kier alpha value is -0.460. The molecule has 1 rings (SSSR count). The van der Waals surface area contributed by atoms with Gasteiger partial charge in [-0.1, -0.05) is 6.08 Å². The highest BCUT2D eigenvalue weighted by Crippen LogP contribution is 2.34. The summed E-state index contributed by atoms with van der Waals surface area (Å²) in [5, 5.41) is 9.38. The second-order valence-corrected chi connectivity index (χ2v) is 5.29. The second kappa shape index (κ2) is 7.36. The van der Waals surface area contributed by atoms with E-state index in [1.54, 1.807) is 20.3 Å². The van der Waals surface area contributed by atoms with Crippen molar-refractivity contribution in [1.82, 2.24) is 0 Å². The molecule has 112 valence electrons. The molecule has 5 nitrogen and oxygen atoms in total. The van der Waals surface area contributed by atoms with Crippen LogP contribution in [0.25, 0.3) is 0 Å². The van der Waals surface area contributed by atoms with Gasteiger partial charge in [0.1, 0.15) is 6.10 Å². The summed E-state index contributed by atoms with van der Waals surface area (Å²) in [4.78, 5) is 0. The van der Waals surface area contributed by atoms with Crippen LogP contribution in [0.15, 0.2) is 12.7 Å². The molecule has 3 atom stereocenters. The minimum Gasteiger partial charge on any atom is -0.396 e. The van der Waals surface area contributed by atoms with Gasteiger partial charge in [-0.05, 0) is 32.6 Å². The van der Waals surface area contributed by atoms with E-state index in [0.29, 0.717) is 6.42 Å². The van der Waals surface area contributed by atoms with Gasteiger partial charge < -0.3 is 24.1 Å². The Morgan fingerprint density at radius 3 is 2.42 bits per heavy atom. The number of aliphatic hydroxyl groups excluding tert-OH is 1. The van der Waals surface area contributed by atoms with E-state index in [4.69, 9.17) is 18.9 Å². The number of hydrogen-bond acceptors (Lipinski definition) is 5. The van der Waals surface area contributed by atoms with E-state index in [1.807, 2.05) is 13.8 Å². The molecule has 0 bridgehead atoms. The average molecular weight is 274 g/mol. The van der Waals surface area contributed by atoms with Crippen LogP contribution in [-0.4, -0.2) is 50.2 Å². The van der Waals surface area contributed by atoms with E-state index in [9.17, 15) is 5.11 Å². The predicted molar refractivity (Wildman–Crippen MR) is 71.6 cm³/mol. The van der Waals surface area contributed by atoms with Crippen LogP contribution in [-0.2, 0) is 18.9 Å². The van der Waals surface area contributed by atoms with Crippen molar-refractivity contribution in [1.29, 1.82) is 0 Å². The molecule has 0 radical (unpaired) electrons. The number of allylic oxidation sites excluding steroid dienone is 1. The maximum atomic E-state index is 9.38. The van der Waals surface area contributed by atoms with Crippen molar-refractivity contribution in [3.63, 3.8) is 0 Å². The molecule has 1 N–H and O–H groups in total. The van der Waals surface area contributed by atoms with Crippen LogP contribution in [0.1, 0.15) is 26.7 Å². The Bertz CT molecular complexity index is 275. The largest absolute Gasteiger partial charge is 0.396 e. The number of rotatable bonds is 8. The van der Waals surface area contributed by atoms with Crippen LogP contribution < -0.4 is 0 Å². The van der Waals surface area contributed by atoms with Crippen LogP contribution >= 0.6 is 0 Å². The average Bonchev–Trinajstić information content (AvgIpc) is 2.65. The lowest BCUT2D eigenvalue weighted by atomic mass is 9.96. The zero-order valence-corrected chi connectivity index (χ0v) is 12.3. The molecule has 0 aromatic carbocycles. The highest BCUT2D eigenvalue weighted by molar-refractivity contribution is 4.87. The Balaban J connectivity index is 2.73. The highest BCUT2D eigenvalue weighted by atomic mass is 16.8. The van der Waals surface area contributed by atoms with Gasteiger partial charge in [-0.3, -0.25) is 0 Å². The van der Waals surface area contributed by atoms with Gasteiger partial charge >= 0.3 is 0 Å². The first-order valence-corrected chi connectivity index (χ1v) is 6.60. The topological polar surface area (TPSA) is 57.2 Å². The van der Waals surface area contributed by atoms with Crippen LogP contribution in [0.4, 0.5) is 0 Å². The van der Waals surface area contributed by atoms with Crippen molar-refractivity contribution in [3.05, 3.63) is 12.7 Å². The van der Waals surface area contributed by atoms with E-state index in [2.05, 4.69) is 6.58 Å². The normalized spacial score (nSPS) is 27.7. The van der Waals surface area contributed by atoms with Crippen molar-refractivity contribution in [3.8, 4) is 0 Å². The SMILES string of the molecule is C=CCC(CO)CC1OC(C)(C)OC1C(OC)OC. The molecule has 1 aliphatic rings. The minimum absolute atomic E-state index is 0.101. The van der Waals surface area contributed by atoms with E-state index in [0.717, 1.165) is 6.42 Å². The smallest absolute Gasteiger partial charge is 0.185 e. The van der Waals surface area contributed by atoms with E-state index < -0.39 is 12.1 Å². The molecule has 0 saturated carbocycles. The van der Waals surface area contributed by atoms with Crippen molar-refractivity contribution in [2.75, 3.05) is 20.8 Å². The monoisotopic (exact) mass is 274 g/mol. The molecular weight excluding hydrogens is 248 g/mol. The van der Waals surface area contributed by atoms with Gasteiger partial charge in [0.2, 0.25) is 0 Å². The summed E-state index contributed by atoms with van der Waals surface area (Å²) >= 11 is 0. The molecule has 3 unspecified atom stereocenters. The van der Waals surface area contributed by atoms with Crippen LogP contribution in [0.5, 0.6) is 0 Å². The fourth-order valence-corrected chi connectivity index (χ4v) is 2.45. The van der Waals surface area contributed by atoms with Crippen LogP contribution in [0.3, 0.4) is 0 Å². The maximum Gasteiger partial charge on any atom is 0.185 e. The summed E-state index contributed by atoms with van der Waals surface area (Å²) in [6.07, 6.45) is 2.28. The van der Waals surface area contributed by atoms with Crippen molar-refractivity contribution < 1.29 is 24.1 Å². The lowest BCUT2D eigenvalue weighted by Crippen LogP contribution is -2.39. The summed E-state index contributed by atoms with van der Waals surface area (Å²) in [6.45, 7) is 7.54. The molecule has 0 amide bonds. The lowest BCUT2D eigenvalue weighted by molar-refractivity contribution is -0.201. The third-order valence-electron chi connectivity index (χ3n) is 3.28. The standard InChI is InChI=1S/C14H26O5/c1-6-7-10(9-15)8-11-12(13(16-4)17-5)19-14(2,3)18-11/h6,10-13,15H,1,7-9H2,2-5H3. The molecule has 1 fully saturated rings. The van der Waals surface area contributed by atoms with Gasteiger partial charge in [-0.25, -0.2) is 0 Å². The van der Waals surface area contributed by atoms with Gasteiger partial charge in [0.25, 0.3) is 0 Å². The van der Waals surface area contributed by atoms with Gasteiger partial charge in [0.15, 0.2) is 12.1 Å². The van der Waals surface area contributed by atoms with Crippen LogP contribution in [0.2, 0.25) is 0 Å². The third-order valence-corrected chi connectivity index (χ3v) is 3.28. The zero-order chi connectivity index (χ0) is 14.5. The second-order valence-electron chi connectivity index (χ2n) is 5.29. The van der Waals surface area contributed by atoms with Crippen molar-refractivity contribution in [2.24, 2.45) is 5.92 Å². The molecule has 1 heterocycles. The summed E-state index contributed by atoms with van der Waals surface area (Å²) in [6, 6.07) is 0. The number of hydrogen-bond donors (Lipinski definition) is 1. The molecule has 0 aromatic heterocycles. The summed E-state index contributed by atoms with van der Waals surface area (Å²) < 4.78 is 22.3. The molecule has 0 spiro atoms. The maximum absolute atomic E-state index is 9.38. The fraction of sp³-hybridized carbons (Fsp3) is 0.857. The number of methoxy groups -OCH3 is 2. The first kappa shape index (κ1) is 16.6. The Labute approximate surface area is 115 Å². The van der Waals surface area contributed by atoms with Gasteiger partial charge in [0, 0.05) is 20.8 Å². The van der Waals surface area contributed by atoms with Crippen molar-refractivity contribution >= 4 is 0 Å². The molecule has 1 saturated heterocycles. The fourth-order valence-electron chi connectivity index (χ4n) is 2.45. The van der Waals surface area contributed by atoms with Gasteiger partial charge in [0.05, 0.1) is 6.10 Å². The predicted octanol–water partition coefficient (Wildman–Crippen LogP) is 1.70. The Kier molecular flexibility index (Phi) is 6.42. The zero-order valence-electron chi connectivity index (χ0n) is 12.3. The number of aliphatic hydroxyl groups is 1. The highest BCUT2D eigenvalue weighted by Gasteiger charge is 2.46.